The Kier molecular flexibility index (Phi) is 3.97. The summed E-state index contributed by atoms with van der Waals surface area (Å²) in [4.78, 5) is 0. The van der Waals surface area contributed by atoms with Crippen molar-refractivity contribution in [1.82, 2.24) is 0 Å². The van der Waals surface area contributed by atoms with Crippen LogP contribution >= 0.6 is 23.2 Å². The SMILES string of the molecule is CC(F)(F)c1cc(Oc2cccc(Cl)c2)ccc1Cl. The maximum Gasteiger partial charge on any atom is 0.272 e. The van der Waals surface area contributed by atoms with Gasteiger partial charge in [0.05, 0.1) is 0 Å². The second-order valence-electron chi connectivity index (χ2n) is 4.09. The van der Waals surface area contributed by atoms with Gasteiger partial charge in [0.15, 0.2) is 0 Å². The topological polar surface area (TPSA) is 9.23 Å². The van der Waals surface area contributed by atoms with Crippen molar-refractivity contribution in [3.63, 3.8) is 0 Å². The maximum absolute atomic E-state index is 13.3. The fourth-order valence-corrected chi connectivity index (χ4v) is 2.03. The minimum Gasteiger partial charge on any atom is -0.457 e. The summed E-state index contributed by atoms with van der Waals surface area (Å²) in [6, 6.07) is 10.8. The van der Waals surface area contributed by atoms with Crippen molar-refractivity contribution in [2.75, 3.05) is 0 Å². The molecule has 2 aromatic carbocycles. The Balaban J connectivity index is 2.32. The van der Waals surface area contributed by atoms with Crippen LogP contribution in [0.4, 0.5) is 8.78 Å². The van der Waals surface area contributed by atoms with E-state index in [0.29, 0.717) is 10.8 Å². The third-order valence-corrected chi connectivity index (χ3v) is 3.01. The number of hydrogen-bond donors (Lipinski definition) is 0. The smallest absolute Gasteiger partial charge is 0.272 e. The van der Waals surface area contributed by atoms with Crippen LogP contribution in [0.25, 0.3) is 0 Å². The van der Waals surface area contributed by atoms with Gasteiger partial charge in [0, 0.05) is 22.5 Å². The Morgan fingerprint density at radius 2 is 1.68 bits per heavy atom. The molecule has 0 atom stereocenters. The molecule has 0 amide bonds. The van der Waals surface area contributed by atoms with Crippen molar-refractivity contribution in [2.45, 2.75) is 12.8 Å². The molecular formula is C14H10Cl2F2O. The van der Waals surface area contributed by atoms with Crippen molar-refractivity contribution in [1.29, 1.82) is 0 Å². The van der Waals surface area contributed by atoms with E-state index in [1.165, 1.54) is 18.2 Å². The molecule has 19 heavy (non-hydrogen) atoms. The molecule has 0 aliphatic rings. The lowest BCUT2D eigenvalue weighted by Crippen LogP contribution is -2.07. The lowest BCUT2D eigenvalue weighted by atomic mass is 10.1. The first-order valence-corrected chi connectivity index (χ1v) is 6.23. The first-order chi connectivity index (χ1) is 8.86. The van der Waals surface area contributed by atoms with E-state index >= 15 is 0 Å². The average molecular weight is 303 g/mol. The number of hydrogen-bond acceptors (Lipinski definition) is 1. The summed E-state index contributed by atoms with van der Waals surface area (Å²) in [5.41, 5.74) is -0.270. The van der Waals surface area contributed by atoms with Gasteiger partial charge in [-0.15, -0.1) is 0 Å². The molecule has 0 saturated carbocycles. The van der Waals surface area contributed by atoms with Crippen LogP contribution in [0.5, 0.6) is 11.5 Å². The molecule has 0 aromatic heterocycles. The Morgan fingerprint density at radius 3 is 2.32 bits per heavy atom. The normalized spacial score (nSPS) is 11.4. The Bertz CT molecular complexity index is 594. The molecule has 0 aliphatic carbocycles. The zero-order valence-corrected chi connectivity index (χ0v) is 11.5. The predicted molar refractivity (Wildman–Crippen MR) is 72.5 cm³/mol. The molecule has 0 heterocycles. The van der Waals surface area contributed by atoms with Gasteiger partial charge in [-0.05, 0) is 36.4 Å². The highest BCUT2D eigenvalue weighted by atomic mass is 35.5. The monoisotopic (exact) mass is 302 g/mol. The highest BCUT2D eigenvalue weighted by Gasteiger charge is 2.27. The Labute approximate surface area is 119 Å². The van der Waals surface area contributed by atoms with E-state index in [2.05, 4.69) is 0 Å². The molecule has 0 radical (unpaired) electrons. The fourth-order valence-electron chi connectivity index (χ4n) is 1.57. The first-order valence-electron chi connectivity index (χ1n) is 5.47. The van der Waals surface area contributed by atoms with Gasteiger partial charge < -0.3 is 4.74 Å². The highest BCUT2D eigenvalue weighted by Crippen LogP contribution is 2.36. The van der Waals surface area contributed by atoms with Crippen molar-refractivity contribution in [2.24, 2.45) is 0 Å². The predicted octanol–water partition coefficient (Wildman–Crippen LogP) is 5.90. The van der Waals surface area contributed by atoms with E-state index in [0.717, 1.165) is 6.92 Å². The number of halogens is 4. The summed E-state index contributed by atoms with van der Waals surface area (Å²) >= 11 is 11.6. The lowest BCUT2D eigenvalue weighted by Gasteiger charge is -2.14. The van der Waals surface area contributed by atoms with E-state index in [1.807, 2.05) is 0 Å². The average Bonchev–Trinajstić information content (AvgIpc) is 2.30. The van der Waals surface area contributed by atoms with Gasteiger partial charge in [0.25, 0.3) is 5.92 Å². The third kappa shape index (κ3) is 3.58. The number of rotatable bonds is 3. The van der Waals surface area contributed by atoms with E-state index < -0.39 is 5.92 Å². The standard InChI is InChI=1S/C14H10Cl2F2O/c1-14(17,18)12-8-11(5-6-13(12)16)19-10-4-2-3-9(15)7-10/h2-8H,1H3. The minimum atomic E-state index is -3.02. The van der Waals surface area contributed by atoms with Crippen LogP contribution in [0.3, 0.4) is 0 Å². The second-order valence-corrected chi connectivity index (χ2v) is 4.93. The zero-order chi connectivity index (χ0) is 14.0. The molecule has 0 N–H and O–H groups in total. The summed E-state index contributed by atoms with van der Waals surface area (Å²) in [7, 11) is 0. The molecule has 5 heteroatoms. The van der Waals surface area contributed by atoms with Crippen molar-refractivity contribution in [3.05, 3.63) is 58.1 Å². The molecule has 2 aromatic rings. The fraction of sp³-hybridized carbons (Fsp3) is 0.143. The summed E-state index contributed by atoms with van der Waals surface area (Å²) in [6.45, 7) is 0.789. The van der Waals surface area contributed by atoms with Crippen molar-refractivity contribution >= 4 is 23.2 Å². The van der Waals surface area contributed by atoms with Crippen LogP contribution in [0.2, 0.25) is 10.0 Å². The van der Waals surface area contributed by atoms with E-state index in [1.54, 1.807) is 24.3 Å². The van der Waals surface area contributed by atoms with Gasteiger partial charge in [-0.25, -0.2) is 8.78 Å². The summed E-state index contributed by atoms with van der Waals surface area (Å²) in [6.07, 6.45) is 0. The number of alkyl halides is 2. The van der Waals surface area contributed by atoms with Gasteiger partial charge in [0.2, 0.25) is 0 Å². The molecule has 0 spiro atoms. The summed E-state index contributed by atoms with van der Waals surface area (Å²) in [5, 5.41) is 0.512. The van der Waals surface area contributed by atoms with Crippen LogP contribution in [0, 0.1) is 0 Å². The molecule has 1 nitrogen and oxygen atoms in total. The van der Waals surface area contributed by atoms with E-state index in [-0.39, 0.29) is 16.3 Å². The maximum atomic E-state index is 13.3. The third-order valence-electron chi connectivity index (χ3n) is 2.44. The molecule has 2 rings (SSSR count). The van der Waals surface area contributed by atoms with Gasteiger partial charge in [-0.1, -0.05) is 29.3 Å². The van der Waals surface area contributed by atoms with E-state index in [9.17, 15) is 8.78 Å². The van der Waals surface area contributed by atoms with Gasteiger partial charge in [0.1, 0.15) is 11.5 Å². The van der Waals surface area contributed by atoms with Crippen molar-refractivity contribution < 1.29 is 13.5 Å². The largest absolute Gasteiger partial charge is 0.457 e. The molecule has 0 aliphatic heterocycles. The Hall–Kier alpha value is -1.32. The zero-order valence-electron chi connectivity index (χ0n) is 9.96. The molecule has 0 unspecified atom stereocenters. The van der Waals surface area contributed by atoms with Gasteiger partial charge >= 0.3 is 0 Å². The molecular weight excluding hydrogens is 293 g/mol. The van der Waals surface area contributed by atoms with Crippen LogP contribution in [-0.4, -0.2) is 0 Å². The van der Waals surface area contributed by atoms with Gasteiger partial charge in [-0.3, -0.25) is 0 Å². The van der Waals surface area contributed by atoms with Crippen molar-refractivity contribution in [3.8, 4) is 11.5 Å². The molecule has 0 fully saturated rings. The summed E-state index contributed by atoms with van der Waals surface area (Å²) < 4.78 is 32.1. The quantitative estimate of drug-likeness (QED) is 0.686. The number of benzene rings is 2. The van der Waals surface area contributed by atoms with Gasteiger partial charge in [-0.2, -0.15) is 0 Å². The highest BCUT2D eigenvalue weighted by molar-refractivity contribution is 6.31. The van der Waals surface area contributed by atoms with Crippen LogP contribution in [0.1, 0.15) is 12.5 Å². The summed E-state index contributed by atoms with van der Waals surface area (Å²) in [5.74, 6) is -2.27. The lowest BCUT2D eigenvalue weighted by molar-refractivity contribution is 0.0174. The van der Waals surface area contributed by atoms with Crippen LogP contribution in [0.15, 0.2) is 42.5 Å². The van der Waals surface area contributed by atoms with Crippen LogP contribution < -0.4 is 4.74 Å². The second kappa shape index (κ2) is 5.35. The first kappa shape index (κ1) is 14.1. The number of ether oxygens (including phenoxy) is 1. The molecule has 100 valence electrons. The van der Waals surface area contributed by atoms with Crippen LogP contribution in [-0.2, 0) is 5.92 Å². The van der Waals surface area contributed by atoms with E-state index in [4.69, 9.17) is 27.9 Å². The Morgan fingerprint density at radius 1 is 1.00 bits per heavy atom. The minimum absolute atomic E-state index is 0.00550. The molecule has 0 bridgehead atoms. The molecule has 0 saturated heterocycles.